The van der Waals surface area contributed by atoms with Crippen LogP contribution in [0.3, 0.4) is 0 Å². The van der Waals surface area contributed by atoms with Gasteiger partial charge in [0.2, 0.25) is 0 Å². The fraction of sp³-hybridized carbons (Fsp3) is 0.429. The molecular weight excluding hydrogens is 278 g/mol. The van der Waals surface area contributed by atoms with Crippen molar-refractivity contribution in [3.63, 3.8) is 0 Å². The molecule has 0 unspecified atom stereocenters. The van der Waals surface area contributed by atoms with Gasteiger partial charge in [-0.3, -0.25) is 9.79 Å². The number of Topliss-reactive ketones (excluding diaryl/α,β-unsaturated/α-hetero) is 1. The molecule has 0 aromatic heterocycles. The summed E-state index contributed by atoms with van der Waals surface area (Å²) in [6.45, 7) is 0.892. The van der Waals surface area contributed by atoms with Crippen molar-refractivity contribution in [1.29, 1.82) is 0 Å². The van der Waals surface area contributed by atoms with Crippen LogP contribution in [0.4, 0.5) is 0 Å². The maximum atomic E-state index is 12.0. The molecule has 0 N–H and O–H groups in total. The predicted molar refractivity (Wildman–Crippen MR) is 73.9 cm³/mol. The molecule has 1 heterocycles. The van der Waals surface area contributed by atoms with Gasteiger partial charge in [0.15, 0.2) is 5.78 Å². The van der Waals surface area contributed by atoms with Crippen molar-refractivity contribution in [3.05, 3.63) is 34.3 Å². The Bertz CT molecular complexity index is 422. The largest absolute Gasteiger partial charge is 0.294 e. The Morgan fingerprint density at radius 1 is 1.18 bits per heavy atom. The lowest BCUT2D eigenvalue weighted by atomic mass is 10.0. The Balaban J connectivity index is 2.00. The monoisotopic (exact) mass is 293 g/mol. The number of carbonyl (C=O) groups excluding carboxylic acids is 1. The van der Waals surface area contributed by atoms with Gasteiger partial charge in [-0.15, -0.1) is 0 Å². The molecule has 1 aliphatic heterocycles. The van der Waals surface area contributed by atoms with E-state index in [0.717, 1.165) is 35.1 Å². The van der Waals surface area contributed by atoms with Crippen molar-refractivity contribution in [2.24, 2.45) is 4.99 Å². The maximum Gasteiger partial charge on any atom is 0.168 e. The smallest absolute Gasteiger partial charge is 0.168 e. The van der Waals surface area contributed by atoms with Crippen molar-refractivity contribution in [1.82, 2.24) is 0 Å². The SMILES string of the molecule is O=C(CC1=NCCCCC1)c1ccc(Br)cc1. The van der Waals surface area contributed by atoms with Crippen LogP contribution in [0.5, 0.6) is 0 Å². The van der Waals surface area contributed by atoms with Crippen LogP contribution in [0, 0.1) is 0 Å². The first-order chi connectivity index (χ1) is 8.25. The predicted octanol–water partition coefficient (Wildman–Crippen LogP) is 4.04. The molecule has 0 bridgehead atoms. The summed E-state index contributed by atoms with van der Waals surface area (Å²) in [4.78, 5) is 16.5. The van der Waals surface area contributed by atoms with Crippen molar-refractivity contribution >= 4 is 27.4 Å². The third-order valence-corrected chi connectivity index (χ3v) is 3.52. The average molecular weight is 294 g/mol. The highest BCUT2D eigenvalue weighted by Crippen LogP contribution is 2.15. The van der Waals surface area contributed by atoms with Crippen molar-refractivity contribution in [2.45, 2.75) is 32.1 Å². The third-order valence-electron chi connectivity index (χ3n) is 2.99. The van der Waals surface area contributed by atoms with Gasteiger partial charge in [-0.25, -0.2) is 0 Å². The van der Waals surface area contributed by atoms with E-state index < -0.39 is 0 Å². The summed E-state index contributed by atoms with van der Waals surface area (Å²) in [5.41, 5.74) is 1.86. The molecule has 2 rings (SSSR count). The first kappa shape index (κ1) is 12.5. The van der Waals surface area contributed by atoms with Gasteiger partial charge in [-0.2, -0.15) is 0 Å². The highest BCUT2D eigenvalue weighted by molar-refractivity contribution is 9.10. The Morgan fingerprint density at radius 3 is 2.71 bits per heavy atom. The first-order valence-corrected chi connectivity index (χ1v) is 6.86. The average Bonchev–Trinajstić information content (AvgIpc) is 2.58. The molecule has 0 saturated heterocycles. The molecule has 2 nitrogen and oxygen atoms in total. The number of carbonyl (C=O) groups is 1. The Kier molecular flexibility index (Phi) is 4.49. The molecule has 0 fully saturated rings. The molecule has 0 aliphatic carbocycles. The van der Waals surface area contributed by atoms with Crippen LogP contribution < -0.4 is 0 Å². The molecule has 1 aliphatic rings. The molecule has 90 valence electrons. The van der Waals surface area contributed by atoms with Gasteiger partial charge < -0.3 is 0 Å². The summed E-state index contributed by atoms with van der Waals surface area (Å²) in [7, 11) is 0. The highest BCUT2D eigenvalue weighted by Gasteiger charge is 2.11. The number of halogens is 1. The number of aliphatic imine (C=N–C) groups is 1. The molecule has 1 aromatic rings. The van der Waals surface area contributed by atoms with E-state index in [9.17, 15) is 4.79 Å². The highest BCUT2D eigenvalue weighted by atomic mass is 79.9. The standard InChI is InChI=1S/C14H16BrNO/c15-12-7-5-11(6-8-12)14(17)10-13-4-2-1-3-9-16-13/h5-8H,1-4,9-10H2. The summed E-state index contributed by atoms with van der Waals surface area (Å²) >= 11 is 3.37. The third kappa shape index (κ3) is 3.77. The molecule has 3 heteroatoms. The lowest BCUT2D eigenvalue weighted by Gasteiger charge is -2.03. The van der Waals surface area contributed by atoms with Gasteiger partial charge in [0.25, 0.3) is 0 Å². The zero-order valence-corrected chi connectivity index (χ0v) is 11.4. The Labute approximate surface area is 110 Å². The van der Waals surface area contributed by atoms with Crippen LogP contribution in [0.15, 0.2) is 33.7 Å². The molecule has 17 heavy (non-hydrogen) atoms. The Hall–Kier alpha value is -0.960. The summed E-state index contributed by atoms with van der Waals surface area (Å²) in [5.74, 6) is 0.179. The topological polar surface area (TPSA) is 29.4 Å². The number of hydrogen-bond donors (Lipinski definition) is 0. The molecule has 1 aromatic carbocycles. The van der Waals surface area contributed by atoms with Gasteiger partial charge in [0.1, 0.15) is 0 Å². The maximum absolute atomic E-state index is 12.0. The van der Waals surface area contributed by atoms with Gasteiger partial charge >= 0.3 is 0 Å². The van der Waals surface area contributed by atoms with Crippen LogP contribution in [0.2, 0.25) is 0 Å². The number of ketones is 1. The normalized spacial score (nSPS) is 16.2. The Morgan fingerprint density at radius 2 is 1.94 bits per heavy atom. The minimum Gasteiger partial charge on any atom is -0.294 e. The summed E-state index contributed by atoms with van der Waals surface area (Å²) in [5, 5.41) is 0. The van der Waals surface area contributed by atoms with E-state index in [2.05, 4.69) is 20.9 Å². The number of benzene rings is 1. The van der Waals surface area contributed by atoms with Crippen LogP contribution in [0.25, 0.3) is 0 Å². The van der Waals surface area contributed by atoms with Gasteiger partial charge in [0, 0.05) is 28.7 Å². The summed E-state index contributed by atoms with van der Waals surface area (Å²) < 4.78 is 1.00. The van der Waals surface area contributed by atoms with E-state index in [-0.39, 0.29) is 5.78 Å². The van der Waals surface area contributed by atoms with Crippen LogP contribution >= 0.6 is 15.9 Å². The zero-order chi connectivity index (χ0) is 12.1. The second-order valence-electron chi connectivity index (χ2n) is 4.37. The number of rotatable bonds is 3. The van der Waals surface area contributed by atoms with Gasteiger partial charge in [0.05, 0.1) is 0 Å². The minimum atomic E-state index is 0.179. The molecule has 0 spiro atoms. The second-order valence-corrected chi connectivity index (χ2v) is 5.28. The van der Waals surface area contributed by atoms with E-state index >= 15 is 0 Å². The van der Waals surface area contributed by atoms with Crippen LogP contribution in [-0.4, -0.2) is 18.0 Å². The molecule has 0 atom stereocenters. The fourth-order valence-corrected chi connectivity index (χ4v) is 2.27. The first-order valence-electron chi connectivity index (χ1n) is 6.06. The molecule has 0 amide bonds. The van der Waals surface area contributed by atoms with Gasteiger partial charge in [-0.05, 0) is 31.4 Å². The lowest BCUT2D eigenvalue weighted by molar-refractivity contribution is 0.1000. The van der Waals surface area contributed by atoms with E-state index in [1.54, 1.807) is 0 Å². The molecule has 0 radical (unpaired) electrons. The summed E-state index contributed by atoms with van der Waals surface area (Å²) in [6.07, 6.45) is 5.05. The fourth-order valence-electron chi connectivity index (χ4n) is 2.00. The zero-order valence-electron chi connectivity index (χ0n) is 9.79. The quantitative estimate of drug-likeness (QED) is 0.774. The lowest BCUT2D eigenvalue weighted by Crippen LogP contribution is -2.08. The summed E-state index contributed by atoms with van der Waals surface area (Å²) in [6, 6.07) is 7.54. The van der Waals surface area contributed by atoms with E-state index in [0.29, 0.717) is 6.42 Å². The second kappa shape index (κ2) is 6.10. The van der Waals surface area contributed by atoms with Crippen molar-refractivity contribution < 1.29 is 4.79 Å². The van der Waals surface area contributed by atoms with Crippen molar-refractivity contribution in [2.75, 3.05) is 6.54 Å². The molecule has 0 saturated carbocycles. The number of nitrogens with zero attached hydrogens (tertiary/aromatic N) is 1. The van der Waals surface area contributed by atoms with Crippen LogP contribution in [-0.2, 0) is 0 Å². The number of hydrogen-bond acceptors (Lipinski definition) is 2. The van der Waals surface area contributed by atoms with E-state index in [1.807, 2.05) is 24.3 Å². The van der Waals surface area contributed by atoms with E-state index in [4.69, 9.17) is 0 Å². The molecular formula is C14H16BrNO. The van der Waals surface area contributed by atoms with E-state index in [1.165, 1.54) is 12.8 Å². The minimum absolute atomic E-state index is 0.179. The van der Waals surface area contributed by atoms with Crippen LogP contribution in [0.1, 0.15) is 42.5 Å². The van der Waals surface area contributed by atoms with Gasteiger partial charge in [-0.1, -0.05) is 34.5 Å². The van der Waals surface area contributed by atoms with Crippen molar-refractivity contribution in [3.8, 4) is 0 Å².